The molecule has 5 nitrogen and oxygen atoms in total. The van der Waals surface area contributed by atoms with E-state index in [0.717, 1.165) is 32.1 Å². The van der Waals surface area contributed by atoms with E-state index < -0.39 is 0 Å². The zero-order chi connectivity index (χ0) is 19.1. The van der Waals surface area contributed by atoms with Gasteiger partial charge in [-0.15, -0.1) is 11.3 Å². The summed E-state index contributed by atoms with van der Waals surface area (Å²) < 4.78 is 5.87. The topological polar surface area (TPSA) is 41.5 Å². The number of aromatic nitrogens is 2. The van der Waals surface area contributed by atoms with Crippen LogP contribution in [0.5, 0.6) is 0 Å². The summed E-state index contributed by atoms with van der Waals surface area (Å²) in [6.45, 7) is 10.1. The quantitative estimate of drug-likeness (QED) is 0.779. The highest BCUT2D eigenvalue weighted by molar-refractivity contribution is 7.19. The van der Waals surface area contributed by atoms with E-state index in [9.17, 15) is 0 Å². The minimum Gasteiger partial charge on any atom is -0.373 e. The molecule has 0 amide bonds. The van der Waals surface area contributed by atoms with E-state index in [1.807, 2.05) is 11.3 Å². The lowest BCUT2D eigenvalue weighted by molar-refractivity contribution is -0.0690. The molecule has 1 aliphatic carbocycles. The van der Waals surface area contributed by atoms with Gasteiger partial charge in [0.25, 0.3) is 0 Å². The summed E-state index contributed by atoms with van der Waals surface area (Å²) in [6, 6.07) is 0. The highest BCUT2D eigenvalue weighted by Crippen LogP contribution is 2.40. The molecule has 5 rings (SSSR count). The third-order valence-corrected chi connectivity index (χ3v) is 7.94. The average Bonchev–Trinajstić information content (AvgIpc) is 3.27. The van der Waals surface area contributed by atoms with Gasteiger partial charge in [-0.05, 0) is 70.4 Å². The van der Waals surface area contributed by atoms with Crippen LogP contribution in [0.3, 0.4) is 0 Å². The van der Waals surface area contributed by atoms with Crippen LogP contribution in [0, 0.1) is 5.92 Å². The number of hydrogen-bond acceptors (Lipinski definition) is 6. The normalized spacial score (nSPS) is 26.9. The molecule has 2 fully saturated rings. The smallest absolute Gasteiger partial charge is 0.141 e. The molecule has 0 saturated carbocycles. The second kappa shape index (κ2) is 7.88. The second-order valence-electron chi connectivity index (χ2n) is 8.97. The standard InChI is InChI=1S/C22H32N4OS/c1-15-12-25(13-16(2)27-15)9-6-17-7-10-26(11-8-17)21-20-18-4-3-5-19(18)28-22(20)24-14-23-21/h14-17H,3-13H2,1-2H3. The number of morpholine rings is 1. The molecule has 0 radical (unpaired) electrons. The van der Waals surface area contributed by atoms with E-state index in [0.29, 0.717) is 12.2 Å². The summed E-state index contributed by atoms with van der Waals surface area (Å²) >= 11 is 1.90. The fraction of sp³-hybridized carbons (Fsp3) is 0.727. The molecule has 2 unspecified atom stereocenters. The van der Waals surface area contributed by atoms with E-state index >= 15 is 0 Å². The van der Waals surface area contributed by atoms with Crippen LogP contribution in [0.15, 0.2) is 6.33 Å². The van der Waals surface area contributed by atoms with Crippen LogP contribution >= 0.6 is 11.3 Å². The maximum atomic E-state index is 5.87. The first-order valence-electron chi connectivity index (χ1n) is 11.1. The molecule has 6 heteroatoms. The van der Waals surface area contributed by atoms with Crippen molar-refractivity contribution >= 4 is 27.4 Å². The molecule has 0 spiro atoms. The Balaban J connectivity index is 1.20. The Morgan fingerprint density at radius 2 is 1.89 bits per heavy atom. The van der Waals surface area contributed by atoms with Gasteiger partial charge in [0.2, 0.25) is 0 Å². The number of rotatable bonds is 4. The second-order valence-corrected chi connectivity index (χ2v) is 10.1. The van der Waals surface area contributed by atoms with Crippen LogP contribution in [-0.2, 0) is 17.6 Å². The summed E-state index contributed by atoms with van der Waals surface area (Å²) in [5.41, 5.74) is 1.55. The Labute approximate surface area is 172 Å². The Hall–Kier alpha value is -1.24. The number of anilines is 1. The summed E-state index contributed by atoms with van der Waals surface area (Å²) in [7, 11) is 0. The Morgan fingerprint density at radius 1 is 1.11 bits per heavy atom. The molecule has 2 aromatic rings. The van der Waals surface area contributed by atoms with Crippen LogP contribution in [0.1, 0.15) is 50.0 Å². The number of nitrogens with zero attached hydrogens (tertiary/aromatic N) is 4. The first-order chi connectivity index (χ1) is 13.7. The minimum atomic E-state index is 0.373. The zero-order valence-electron chi connectivity index (χ0n) is 17.2. The molecular weight excluding hydrogens is 368 g/mol. The minimum absolute atomic E-state index is 0.373. The lowest BCUT2D eigenvalue weighted by Crippen LogP contribution is -2.46. The summed E-state index contributed by atoms with van der Waals surface area (Å²) in [6.07, 6.45) is 10.2. The highest BCUT2D eigenvalue weighted by Gasteiger charge is 2.27. The van der Waals surface area contributed by atoms with Gasteiger partial charge in [-0.25, -0.2) is 9.97 Å². The molecule has 0 bridgehead atoms. The van der Waals surface area contributed by atoms with Crippen molar-refractivity contribution < 1.29 is 4.74 Å². The molecule has 0 N–H and O–H groups in total. The third kappa shape index (κ3) is 3.66. The van der Waals surface area contributed by atoms with E-state index in [1.54, 1.807) is 16.8 Å². The zero-order valence-corrected chi connectivity index (χ0v) is 18.0. The SMILES string of the molecule is CC1CN(CCC2CCN(c3ncnc4sc5c(c34)CCC5)CC2)CC(C)O1. The van der Waals surface area contributed by atoms with Crippen LogP contribution in [0.4, 0.5) is 5.82 Å². The van der Waals surface area contributed by atoms with E-state index in [-0.39, 0.29) is 0 Å². The van der Waals surface area contributed by atoms with Gasteiger partial charge in [-0.3, -0.25) is 4.90 Å². The number of fused-ring (bicyclic) bond motifs is 3. The van der Waals surface area contributed by atoms with Gasteiger partial charge in [0.1, 0.15) is 17.0 Å². The van der Waals surface area contributed by atoms with Gasteiger partial charge in [-0.2, -0.15) is 0 Å². The lowest BCUT2D eigenvalue weighted by atomic mass is 9.93. The maximum Gasteiger partial charge on any atom is 0.141 e. The van der Waals surface area contributed by atoms with Gasteiger partial charge in [0, 0.05) is 31.1 Å². The van der Waals surface area contributed by atoms with Crippen molar-refractivity contribution in [3.8, 4) is 0 Å². The third-order valence-electron chi connectivity index (χ3n) is 6.74. The van der Waals surface area contributed by atoms with Crippen molar-refractivity contribution in [3.63, 3.8) is 0 Å². The molecule has 3 aliphatic rings. The predicted octanol–water partition coefficient (Wildman–Crippen LogP) is 3.90. The fourth-order valence-electron chi connectivity index (χ4n) is 5.42. The molecule has 2 aliphatic heterocycles. The predicted molar refractivity (Wildman–Crippen MR) is 115 cm³/mol. The van der Waals surface area contributed by atoms with E-state index in [1.165, 1.54) is 61.1 Å². The van der Waals surface area contributed by atoms with Gasteiger partial charge in [0.15, 0.2) is 0 Å². The first-order valence-corrected chi connectivity index (χ1v) is 11.9. The number of hydrogen-bond donors (Lipinski definition) is 0. The van der Waals surface area contributed by atoms with Crippen molar-refractivity contribution in [1.29, 1.82) is 0 Å². The fourth-order valence-corrected chi connectivity index (χ4v) is 6.64. The largest absolute Gasteiger partial charge is 0.373 e. The van der Waals surface area contributed by atoms with Crippen LogP contribution < -0.4 is 4.90 Å². The number of aryl methyl sites for hydroxylation is 2. The Bertz CT molecular complexity index is 819. The molecule has 4 heterocycles. The first kappa shape index (κ1) is 18.8. The van der Waals surface area contributed by atoms with Gasteiger partial charge >= 0.3 is 0 Å². The monoisotopic (exact) mass is 400 g/mol. The van der Waals surface area contributed by atoms with Crippen LogP contribution in [0.2, 0.25) is 0 Å². The summed E-state index contributed by atoms with van der Waals surface area (Å²) in [4.78, 5) is 17.2. The Morgan fingerprint density at radius 3 is 2.68 bits per heavy atom. The van der Waals surface area contributed by atoms with Crippen LogP contribution in [0.25, 0.3) is 10.2 Å². The molecule has 2 saturated heterocycles. The van der Waals surface area contributed by atoms with Gasteiger partial charge in [0.05, 0.1) is 17.6 Å². The summed E-state index contributed by atoms with van der Waals surface area (Å²) in [5, 5.41) is 1.37. The number of ether oxygens (including phenoxy) is 1. The maximum absolute atomic E-state index is 5.87. The van der Waals surface area contributed by atoms with Gasteiger partial charge < -0.3 is 9.64 Å². The van der Waals surface area contributed by atoms with Crippen molar-refractivity contribution in [2.75, 3.05) is 37.6 Å². The van der Waals surface area contributed by atoms with Crippen molar-refractivity contribution in [2.45, 2.75) is 64.6 Å². The number of thiophene rings is 1. The van der Waals surface area contributed by atoms with E-state index in [2.05, 4.69) is 28.6 Å². The molecule has 2 atom stereocenters. The molecule has 0 aromatic carbocycles. The average molecular weight is 401 g/mol. The molecule has 152 valence electrons. The van der Waals surface area contributed by atoms with E-state index in [4.69, 9.17) is 9.72 Å². The number of piperidine rings is 1. The van der Waals surface area contributed by atoms with Crippen LogP contribution in [-0.4, -0.2) is 59.8 Å². The Kier molecular flexibility index (Phi) is 5.28. The van der Waals surface area contributed by atoms with Crippen molar-refractivity contribution in [3.05, 3.63) is 16.8 Å². The molecule has 28 heavy (non-hydrogen) atoms. The summed E-state index contributed by atoms with van der Waals surface area (Å²) in [5.74, 6) is 2.05. The lowest BCUT2D eigenvalue weighted by Gasteiger charge is -2.37. The molecule has 2 aromatic heterocycles. The van der Waals surface area contributed by atoms with Gasteiger partial charge in [-0.1, -0.05) is 0 Å². The molecular formula is C22H32N4OS. The van der Waals surface area contributed by atoms with Crippen molar-refractivity contribution in [2.24, 2.45) is 5.92 Å². The van der Waals surface area contributed by atoms with Crippen molar-refractivity contribution in [1.82, 2.24) is 14.9 Å². The highest BCUT2D eigenvalue weighted by atomic mass is 32.1.